The van der Waals surface area contributed by atoms with E-state index in [0.29, 0.717) is 11.3 Å². The van der Waals surface area contributed by atoms with Crippen LogP contribution in [0.15, 0.2) is 35.3 Å². The molecule has 0 saturated heterocycles. The van der Waals surface area contributed by atoms with Crippen LogP contribution >= 0.6 is 0 Å². The number of nitrogens with zero attached hydrogens (tertiary/aromatic N) is 2. The number of imidazole rings is 1. The van der Waals surface area contributed by atoms with Crippen molar-refractivity contribution in [2.75, 3.05) is 0 Å². The SMILES string of the molecule is Cc1c[nH]c(=O)n1-c1cccc(C#N)c1. The lowest BCUT2D eigenvalue weighted by atomic mass is 10.2. The highest BCUT2D eigenvalue weighted by Gasteiger charge is 2.04. The first-order valence-electron chi connectivity index (χ1n) is 4.50. The molecule has 1 aromatic carbocycles. The maximum absolute atomic E-state index is 11.5. The van der Waals surface area contributed by atoms with Crippen molar-refractivity contribution in [2.45, 2.75) is 6.92 Å². The van der Waals surface area contributed by atoms with Gasteiger partial charge < -0.3 is 4.98 Å². The average molecular weight is 199 g/mol. The molecule has 0 fully saturated rings. The quantitative estimate of drug-likeness (QED) is 0.753. The van der Waals surface area contributed by atoms with E-state index in [0.717, 1.165) is 5.69 Å². The summed E-state index contributed by atoms with van der Waals surface area (Å²) in [6.07, 6.45) is 1.64. The van der Waals surface area contributed by atoms with Crippen molar-refractivity contribution in [1.82, 2.24) is 9.55 Å². The van der Waals surface area contributed by atoms with E-state index in [-0.39, 0.29) is 5.69 Å². The number of aromatic amines is 1. The third kappa shape index (κ3) is 1.55. The van der Waals surface area contributed by atoms with Crippen LogP contribution < -0.4 is 5.69 Å². The molecule has 4 heteroatoms. The molecule has 15 heavy (non-hydrogen) atoms. The largest absolute Gasteiger partial charge is 0.330 e. The Balaban J connectivity index is 2.65. The van der Waals surface area contributed by atoms with Crippen LogP contribution in [0.4, 0.5) is 0 Å². The molecular weight excluding hydrogens is 190 g/mol. The summed E-state index contributed by atoms with van der Waals surface area (Å²) in [5, 5.41) is 8.75. The van der Waals surface area contributed by atoms with Gasteiger partial charge in [0.25, 0.3) is 0 Å². The van der Waals surface area contributed by atoms with Crippen molar-refractivity contribution in [3.8, 4) is 11.8 Å². The first-order chi connectivity index (χ1) is 7.22. The molecule has 1 N–H and O–H groups in total. The zero-order valence-corrected chi connectivity index (χ0v) is 8.19. The van der Waals surface area contributed by atoms with Gasteiger partial charge in [-0.1, -0.05) is 6.07 Å². The Bertz CT molecular complexity index is 586. The number of hydrogen-bond acceptors (Lipinski definition) is 2. The zero-order chi connectivity index (χ0) is 10.8. The first-order valence-corrected chi connectivity index (χ1v) is 4.50. The summed E-state index contributed by atoms with van der Waals surface area (Å²) in [6, 6.07) is 8.98. The molecule has 4 nitrogen and oxygen atoms in total. The first kappa shape index (κ1) is 9.28. The summed E-state index contributed by atoms with van der Waals surface area (Å²) in [7, 11) is 0. The van der Waals surface area contributed by atoms with E-state index in [1.54, 1.807) is 30.5 Å². The van der Waals surface area contributed by atoms with Crippen LogP contribution in [0.25, 0.3) is 5.69 Å². The summed E-state index contributed by atoms with van der Waals surface area (Å²) in [5.74, 6) is 0. The van der Waals surface area contributed by atoms with E-state index >= 15 is 0 Å². The van der Waals surface area contributed by atoms with Crippen molar-refractivity contribution in [3.63, 3.8) is 0 Å². The number of aryl methyl sites for hydroxylation is 1. The molecule has 2 aromatic rings. The number of aromatic nitrogens is 2. The van der Waals surface area contributed by atoms with Crippen molar-refractivity contribution in [2.24, 2.45) is 0 Å². The fourth-order valence-electron chi connectivity index (χ4n) is 1.49. The number of rotatable bonds is 1. The number of nitriles is 1. The zero-order valence-electron chi connectivity index (χ0n) is 8.19. The third-order valence-corrected chi connectivity index (χ3v) is 2.19. The highest BCUT2D eigenvalue weighted by Crippen LogP contribution is 2.09. The Kier molecular flexibility index (Phi) is 2.14. The van der Waals surface area contributed by atoms with Crippen molar-refractivity contribution >= 4 is 0 Å². The molecule has 1 heterocycles. The summed E-state index contributed by atoms with van der Waals surface area (Å²) in [5.41, 5.74) is 1.87. The topological polar surface area (TPSA) is 61.6 Å². The van der Waals surface area contributed by atoms with Gasteiger partial charge in [-0.25, -0.2) is 4.79 Å². The predicted molar refractivity (Wildman–Crippen MR) is 55.8 cm³/mol. The molecule has 0 unspecified atom stereocenters. The lowest BCUT2D eigenvalue weighted by Crippen LogP contribution is -2.15. The van der Waals surface area contributed by atoms with Gasteiger partial charge in [-0.2, -0.15) is 5.26 Å². The van der Waals surface area contributed by atoms with Crippen LogP contribution in [-0.2, 0) is 0 Å². The lowest BCUT2D eigenvalue weighted by molar-refractivity contribution is 0.949. The monoisotopic (exact) mass is 199 g/mol. The van der Waals surface area contributed by atoms with Crippen LogP contribution in [0.5, 0.6) is 0 Å². The Labute approximate surface area is 86.4 Å². The predicted octanol–water partition coefficient (Wildman–Crippen LogP) is 1.35. The normalized spacial score (nSPS) is 9.87. The third-order valence-electron chi connectivity index (χ3n) is 2.19. The molecule has 0 saturated carbocycles. The van der Waals surface area contributed by atoms with Gasteiger partial charge in [0.1, 0.15) is 0 Å². The van der Waals surface area contributed by atoms with Crippen LogP contribution in [0, 0.1) is 18.3 Å². The molecular formula is C11H9N3O. The second kappa shape index (κ2) is 3.46. The summed E-state index contributed by atoms with van der Waals surface area (Å²) < 4.78 is 1.53. The maximum Gasteiger partial charge on any atom is 0.330 e. The Morgan fingerprint density at radius 1 is 1.47 bits per heavy atom. The number of H-pyrrole nitrogens is 1. The van der Waals surface area contributed by atoms with Gasteiger partial charge >= 0.3 is 5.69 Å². The van der Waals surface area contributed by atoms with E-state index in [9.17, 15) is 4.79 Å². The molecule has 0 aliphatic carbocycles. The van der Waals surface area contributed by atoms with Gasteiger partial charge in [-0.05, 0) is 25.1 Å². The van der Waals surface area contributed by atoms with Gasteiger partial charge in [0.15, 0.2) is 0 Å². The van der Waals surface area contributed by atoms with Gasteiger partial charge in [0.2, 0.25) is 0 Å². The maximum atomic E-state index is 11.5. The van der Waals surface area contributed by atoms with Crippen LogP contribution in [0.3, 0.4) is 0 Å². The van der Waals surface area contributed by atoms with Crippen molar-refractivity contribution in [1.29, 1.82) is 5.26 Å². The van der Waals surface area contributed by atoms with Crippen LogP contribution in [0.1, 0.15) is 11.3 Å². The van der Waals surface area contributed by atoms with Gasteiger partial charge in [-0.3, -0.25) is 4.57 Å². The van der Waals surface area contributed by atoms with E-state index < -0.39 is 0 Å². The molecule has 0 atom stereocenters. The molecule has 0 aliphatic heterocycles. The van der Waals surface area contributed by atoms with Crippen molar-refractivity contribution < 1.29 is 0 Å². The number of hydrogen-bond donors (Lipinski definition) is 1. The van der Waals surface area contributed by atoms with E-state index in [1.165, 1.54) is 4.57 Å². The Hall–Kier alpha value is -2.28. The summed E-state index contributed by atoms with van der Waals surface area (Å²) >= 11 is 0. The van der Waals surface area contributed by atoms with Crippen LogP contribution in [-0.4, -0.2) is 9.55 Å². The summed E-state index contributed by atoms with van der Waals surface area (Å²) in [6.45, 7) is 1.83. The molecule has 0 bridgehead atoms. The number of benzene rings is 1. The van der Waals surface area contributed by atoms with Crippen LogP contribution in [0.2, 0.25) is 0 Å². The fraction of sp³-hybridized carbons (Fsp3) is 0.0909. The average Bonchev–Trinajstić information content (AvgIpc) is 2.59. The molecule has 0 spiro atoms. The fourth-order valence-corrected chi connectivity index (χ4v) is 1.49. The second-order valence-electron chi connectivity index (χ2n) is 3.23. The van der Waals surface area contributed by atoms with Gasteiger partial charge in [-0.15, -0.1) is 0 Å². The highest BCUT2D eigenvalue weighted by molar-refractivity contribution is 5.42. The minimum atomic E-state index is -0.192. The van der Waals surface area contributed by atoms with Gasteiger partial charge in [0, 0.05) is 11.9 Å². The molecule has 0 aliphatic rings. The molecule has 0 radical (unpaired) electrons. The minimum absolute atomic E-state index is 0.192. The van der Waals surface area contributed by atoms with E-state index in [1.807, 2.05) is 13.0 Å². The molecule has 0 amide bonds. The van der Waals surface area contributed by atoms with E-state index in [4.69, 9.17) is 5.26 Å². The Morgan fingerprint density at radius 3 is 2.87 bits per heavy atom. The van der Waals surface area contributed by atoms with E-state index in [2.05, 4.69) is 4.98 Å². The molecule has 2 rings (SSSR count). The highest BCUT2D eigenvalue weighted by atomic mass is 16.1. The summed E-state index contributed by atoms with van der Waals surface area (Å²) in [4.78, 5) is 14.1. The Morgan fingerprint density at radius 2 is 2.27 bits per heavy atom. The van der Waals surface area contributed by atoms with Crippen molar-refractivity contribution in [3.05, 3.63) is 52.2 Å². The van der Waals surface area contributed by atoms with Gasteiger partial charge in [0.05, 0.1) is 17.3 Å². The second-order valence-corrected chi connectivity index (χ2v) is 3.23. The lowest BCUT2D eigenvalue weighted by Gasteiger charge is -2.03. The smallest absolute Gasteiger partial charge is 0.312 e. The standard InChI is InChI=1S/C11H9N3O/c1-8-7-13-11(15)14(8)10-4-2-3-9(5-10)6-12/h2-5,7H,1H3,(H,13,15). The molecule has 1 aromatic heterocycles. The number of nitrogens with one attached hydrogen (secondary N) is 1. The molecule has 74 valence electrons. The minimum Gasteiger partial charge on any atom is -0.312 e.